The monoisotopic (exact) mass is 336 g/mol. The summed E-state index contributed by atoms with van der Waals surface area (Å²) in [5.41, 5.74) is 2.46. The molecule has 25 heavy (non-hydrogen) atoms. The minimum absolute atomic E-state index is 0.0391. The Balaban J connectivity index is 1.86. The summed E-state index contributed by atoms with van der Waals surface area (Å²) in [6.07, 6.45) is 3.39. The maximum Gasteiger partial charge on any atom is 0.253 e. The number of nitrogens with zero attached hydrogens (tertiary/aromatic N) is 3. The zero-order chi connectivity index (χ0) is 18.0. The molecule has 0 aliphatic heterocycles. The van der Waals surface area contributed by atoms with Crippen LogP contribution in [0, 0.1) is 5.92 Å². The second-order valence-electron chi connectivity index (χ2n) is 6.93. The maximum atomic E-state index is 12.7. The first kappa shape index (κ1) is 17.1. The molecule has 2 heterocycles. The van der Waals surface area contributed by atoms with E-state index in [0.717, 1.165) is 16.6 Å². The summed E-state index contributed by atoms with van der Waals surface area (Å²) >= 11 is 0. The Kier molecular flexibility index (Phi) is 4.83. The molecule has 0 fully saturated rings. The summed E-state index contributed by atoms with van der Waals surface area (Å²) in [5, 5.41) is 8.37. The van der Waals surface area contributed by atoms with Gasteiger partial charge in [-0.3, -0.25) is 4.79 Å². The van der Waals surface area contributed by atoms with Crippen LogP contribution in [-0.4, -0.2) is 20.7 Å². The van der Waals surface area contributed by atoms with Gasteiger partial charge in [-0.15, -0.1) is 0 Å². The van der Waals surface area contributed by atoms with Crippen molar-refractivity contribution < 1.29 is 4.79 Å². The van der Waals surface area contributed by atoms with Crippen molar-refractivity contribution in [2.45, 2.75) is 39.8 Å². The highest BCUT2D eigenvalue weighted by molar-refractivity contribution is 5.97. The summed E-state index contributed by atoms with van der Waals surface area (Å²) in [7, 11) is 0. The average molecular weight is 336 g/mol. The molecule has 0 bridgehead atoms. The molecule has 0 aliphatic carbocycles. The molecule has 1 atom stereocenters. The minimum Gasteiger partial charge on any atom is -0.345 e. The Morgan fingerprint density at radius 1 is 1.08 bits per heavy atom. The van der Waals surface area contributed by atoms with Crippen LogP contribution in [0.5, 0.6) is 0 Å². The van der Waals surface area contributed by atoms with Gasteiger partial charge in [0.25, 0.3) is 5.91 Å². The van der Waals surface area contributed by atoms with E-state index in [4.69, 9.17) is 0 Å². The maximum absolute atomic E-state index is 12.7. The van der Waals surface area contributed by atoms with Gasteiger partial charge in [0.1, 0.15) is 0 Å². The van der Waals surface area contributed by atoms with Crippen LogP contribution < -0.4 is 5.32 Å². The van der Waals surface area contributed by atoms with Crippen molar-refractivity contribution >= 4 is 16.9 Å². The Bertz CT molecular complexity index is 868. The first-order chi connectivity index (χ1) is 12.0. The first-order valence-corrected chi connectivity index (χ1v) is 8.66. The van der Waals surface area contributed by atoms with Crippen LogP contribution >= 0.6 is 0 Å². The zero-order valence-electron chi connectivity index (χ0n) is 15.1. The molecule has 130 valence electrons. The van der Waals surface area contributed by atoms with Gasteiger partial charge in [0, 0.05) is 17.6 Å². The number of hydrogen-bond donors (Lipinski definition) is 1. The number of amides is 1. The molecule has 0 spiro atoms. The summed E-state index contributed by atoms with van der Waals surface area (Å²) < 4.78 is 1.86. The van der Waals surface area contributed by atoms with Gasteiger partial charge in [-0.25, -0.2) is 9.67 Å². The molecule has 1 N–H and O–H groups in total. The average Bonchev–Trinajstić information content (AvgIpc) is 3.03. The first-order valence-electron chi connectivity index (χ1n) is 8.66. The Morgan fingerprint density at radius 3 is 2.44 bits per heavy atom. The van der Waals surface area contributed by atoms with Crippen molar-refractivity contribution in [3.8, 4) is 0 Å². The van der Waals surface area contributed by atoms with Crippen LogP contribution in [-0.2, 0) is 0 Å². The highest BCUT2D eigenvalue weighted by Gasteiger charge is 2.20. The molecule has 2 aromatic heterocycles. The highest BCUT2D eigenvalue weighted by Crippen LogP contribution is 2.22. The third kappa shape index (κ3) is 3.55. The molecule has 0 saturated carbocycles. The van der Waals surface area contributed by atoms with E-state index >= 15 is 0 Å². The third-order valence-electron chi connectivity index (χ3n) is 4.30. The smallest absolute Gasteiger partial charge is 0.253 e. The predicted molar refractivity (Wildman–Crippen MR) is 99.4 cm³/mol. The number of aromatic nitrogens is 3. The van der Waals surface area contributed by atoms with Crippen molar-refractivity contribution in [3.05, 3.63) is 59.9 Å². The summed E-state index contributed by atoms with van der Waals surface area (Å²) in [5.74, 6) is 0.168. The number of carbonyl (C=O) groups is 1. The standard InChI is InChI=1S/C20H24N4O/c1-13(2)18(15-8-6-5-7-9-15)23-20(25)17-10-16-12-22-24(14(3)4)19(16)21-11-17/h5-14,18H,1-4H3,(H,23,25)/t18-/m1/s1. The van der Waals surface area contributed by atoms with Crippen molar-refractivity contribution in [1.82, 2.24) is 20.1 Å². The quantitative estimate of drug-likeness (QED) is 0.762. The lowest BCUT2D eigenvalue weighted by Gasteiger charge is -2.23. The van der Waals surface area contributed by atoms with Crippen LogP contribution in [0.2, 0.25) is 0 Å². The van der Waals surface area contributed by atoms with E-state index in [2.05, 4.69) is 43.1 Å². The number of rotatable bonds is 5. The van der Waals surface area contributed by atoms with Gasteiger partial charge < -0.3 is 5.32 Å². The Morgan fingerprint density at radius 2 is 1.80 bits per heavy atom. The van der Waals surface area contributed by atoms with E-state index in [-0.39, 0.29) is 23.9 Å². The van der Waals surface area contributed by atoms with E-state index in [0.29, 0.717) is 5.56 Å². The zero-order valence-corrected chi connectivity index (χ0v) is 15.1. The molecule has 1 amide bonds. The van der Waals surface area contributed by atoms with Gasteiger partial charge >= 0.3 is 0 Å². The lowest BCUT2D eigenvalue weighted by atomic mass is 9.96. The number of benzene rings is 1. The van der Waals surface area contributed by atoms with Gasteiger partial charge in [-0.05, 0) is 31.4 Å². The van der Waals surface area contributed by atoms with Crippen molar-refractivity contribution in [2.24, 2.45) is 5.92 Å². The number of nitrogens with one attached hydrogen (secondary N) is 1. The summed E-state index contributed by atoms with van der Waals surface area (Å²) in [4.78, 5) is 17.2. The fraction of sp³-hybridized carbons (Fsp3) is 0.350. The molecule has 0 aliphatic rings. The highest BCUT2D eigenvalue weighted by atomic mass is 16.1. The van der Waals surface area contributed by atoms with Gasteiger partial charge in [0.15, 0.2) is 5.65 Å². The molecule has 3 aromatic rings. The molecule has 0 unspecified atom stereocenters. The second-order valence-corrected chi connectivity index (χ2v) is 6.93. The van der Waals surface area contributed by atoms with Crippen LogP contribution in [0.15, 0.2) is 48.8 Å². The molecule has 0 saturated heterocycles. The van der Waals surface area contributed by atoms with Crippen LogP contribution in [0.4, 0.5) is 0 Å². The van der Waals surface area contributed by atoms with Gasteiger partial charge in [-0.2, -0.15) is 5.10 Å². The number of pyridine rings is 1. The lowest BCUT2D eigenvalue weighted by molar-refractivity contribution is 0.0925. The van der Waals surface area contributed by atoms with E-state index in [1.807, 2.05) is 41.1 Å². The molecular formula is C20H24N4O. The molecular weight excluding hydrogens is 312 g/mol. The van der Waals surface area contributed by atoms with E-state index in [1.54, 1.807) is 12.4 Å². The van der Waals surface area contributed by atoms with Crippen LogP contribution in [0.1, 0.15) is 55.7 Å². The number of fused-ring (bicyclic) bond motifs is 1. The SMILES string of the molecule is CC(C)[C@@H](NC(=O)c1cnc2c(cnn2C(C)C)c1)c1ccccc1. The molecule has 5 nitrogen and oxygen atoms in total. The van der Waals surface area contributed by atoms with Crippen molar-refractivity contribution in [3.63, 3.8) is 0 Å². The molecule has 0 radical (unpaired) electrons. The Hall–Kier alpha value is -2.69. The predicted octanol–water partition coefficient (Wildman–Crippen LogP) is 4.14. The molecule has 1 aromatic carbocycles. The van der Waals surface area contributed by atoms with Gasteiger partial charge in [0.05, 0.1) is 17.8 Å². The fourth-order valence-electron chi connectivity index (χ4n) is 2.96. The topological polar surface area (TPSA) is 59.8 Å². The molecule has 3 rings (SSSR count). The summed E-state index contributed by atoms with van der Waals surface area (Å²) in [6.45, 7) is 8.32. The normalized spacial score (nSPS) is 12.7. The fourth-order valence-corrected chi connectivity index (χ4v) is 2.96. The Labute approximate surface area is 148 Å². The number of hydrogen-bond acceptors (Lipinski definition) is 3. The van der Waals surface area contributed by atoms with Crippen molar-refractivity contribution in [2.75, 3.05) is 0 Å². The van der Waals surface area contributed by atoms with Crippen LogP contribution in [0.3, 0.4) is 0 Å². The lowest BCUT2D eigenvalue weighted by Crippen LogP contribution is -2.31. The van der Waals surface area contributed by atoms with E-state index < -0.39 is 0 Å². The second kappa shape index (κ2) is 7.05. The minimum atomic E-state index is -0.116. The molecule has 5 heteroatoms. The van der Waals surface area contributed by atoms with Crippen LogP contribution in [0.25, 0.3) is 11.0 Å². The van der Waals surface area contributed by atoms with Gasteiger partial charge in [0.2, 0.25) is 0 Å². The van der Waals surface area contributed by atoms with Crippen molar-refractivity contribution in [1.29, 1.82) is 0 Å². The third-order valence-corrected chi connectivity index (χ3v) is 4.30. The largest absolute Gasteiger partial charge is 0.345 e. The van der Waals surface area contributed by atoms with Gasteiger partial charge in [-0.1, -0.05) is 44.2 Å². The van der Waals surface area contributed by atoms with E-state index in [1.165, 1.54) is 0 Å². The van der Waals surface area contributed by atoms with E-state index in [9.17, 15) is 4.79 Å². The number of carbonyl (C=O) groups excluding carboxylic acids is 1. The summed E-state index contributed by atoms with van der Waals surface area (Å²) in [6, 6.07) is 12.1.